The summed E-state index contributed by atoms with van der Waals surface area (Å²) >= 11 is 0. The summed E-state index contributed by atoms with van der Waals surface area (Å²) in [4.78, 5) is 21.5. The smallest absolute Gasteiger partial charge is 0.329 e. The lowest BCUT2D eigenvalue weighted by Crippen LogP contribution is -2.52. The van der Waals surface area contributed by atoms with Gasteiger partial charge in [0.2, 0.25) is 5.91 Å². The van der Waals surface area contributed by atoms with E-state index in [2.05, 4.69) is 5.32 Å². The van der Waals surface area contributed by atoms with E-state index in [1.165, 1.54) is 13.8 Å². The van der Waals surface area contributed by atoms with Crippen LogP contribution >= 0.6 is 8.46 Å². The Balaban J connectivity index is 4.63. The topological polar surface area (TPSA) is 104 Å². The fraction of sp³-hybridized carbons (Fsp3) is 0.714. The van der Waals surface area contributed by atoms with E-state index < -0.39 is 31.7 Å². The van der Waals surface area contributed by atoms with Gasteiger partial charge in [-0.3, -0.25) is 9.36 Å². The van der Waals surface area contributed by atoms with E-state index >= 15 is 0 Å². The first kappa shape index (κ1) is 13.0. The van der Waals surface area contributed by atoms with Crippen molar-refractivity contribution < 1.29 is 24.4 Å². The van der Waals surface area contributed by atoms with Crippen LogP contribution < -0.4 is 5.32 Å². The molecule has 0 aliphatic carbocycles. The Labute approximate surface area is 82.5 Å². The third-order valence-electron chi connectivity index (χ3n) is 1.64. The van der Waals surface area contributed by atoms with Gasteiger partial charge < -0.3 is 15.5 Å². The van der Waals surface area contributed by atoms with Crippen molar-refractivity contribution in [2.24, 2.45) is 0 Å². The largest absolute Gasteiger partial charge is 0.480 e. The molecule has 6 nitrogen and oxygen atoms in total. The molecule has 3 N–H and O–H groups in total. The Kier molecular flexibility index (Phi) is 4.67. The highest BCUT2D eigenvalue weighted by Gasteiger charge is 2.36. The van der Waals surface area contributed by atoms with Crippen molar-refractivity contribution >= 4 is 20.3 Å². The van der Waals surface area contributed by atoms with Crippen LogP contribution in [0.1, 0.15) is 20.3 Å². The van der Waals surface area contributed by atoms with E-state index in [4.69, 9.17) is 10.2 Å². The summed E-state index contributed by atoms with van der Waals surface area (Å²) in [6.45, 7) is 2.41. The van der Waals surface area contributed by atoms with Gasteiger partial charge in [-0.1, -0.05) is 0 Å². The SMILES string of the molecule is CC(=O)NC(C)(CC(O)P=O)C(=O)O. The monoisotopic (exact) mass is 221 g/mol. The summed E-state index contributed by atoms with van der Waals surface area (Å²) in [5, 5.41) is 20.0. The van der Waals surface area contributed by atoms with Crippen LogP contribution in [0.5, 0.6) is 0 Å². The van der Waals surface area contributed by atoms with Crippen LogP contribution in [0, 0.1) is 0 Å². The molecule has 0 aromatic rings. The van der Waals surface area contributed by atoms with Gasteiger partial charge in [-0.05, 0) is 6.92 Å². The second-order valence-corrected chi connectivity index (χ2v) is 3.92. The number of carbonyl (C=O) groups is 2. The minimum atomic E-state index is -1.59. The number of nitrogens with one attached hydrogen (secondary N) is 1. The molecule has 0 fully saturated rings. The van der Waals surface area contributed by atoms with Crippen LogP contribution in [0.4, 0.5) is 0 Å². The number of hydrogen-bond donors (Lipinski definition) is 3. The Morgan fingerprint density at radius 1 is 1.57 bits per heavy atom. The van der Waals surface area contributed by atoms with E-state index in [0.717, 1.165) is 0 Å². The maximum absolute atomic E-state index is 10.8. The van der Waals surface area contributed by atoms with Gasteiger partial charge in [0.1, 0.15) is 11.4 Å². The number of carboxylic acids is 1. The highest BCUT2D eigenvalue weighted by atomic mass is 31.1. The van der Waals surface area contributed by atoms with Crippen molar-refractivity contribution in [1.29, 1.82) is 0 Å². The van der Waals surface area contributed by atoms with Gasteiger partial charge in [0.25, 0.3) is 0 Å². The first-order valence-corrected chi connectivity index (χ1v) is 4.72. The standard InChI is InChI=1S/C7H12NO5P/c1-4(9)8-7(2,6(11)12)3-5(10)14-13/h5,10H,3H2,1-2H3,(H,8,9)(H,11,12). The lowest BCUT2D eigenvalue weighted by atomic mass is 9.98. The summed E-state index contributed by atoms with van der Waals surface area (Å²) in [6, 6.07) is 0. The maximum Gasteiger partial charge on any atom is 0.329 e. The van der Waals surface area contributed by atoms with Crippen molar-refractivity contribution in [3.8, 4) is 0 Å². The van der Waals surface area contributed by atoms with Crippen molar-refractivity contribution in [2.75, 3.05) is 0 Å². The lowest BCUT2D eigenvalue weighted by molar-refractivity contribution is -0.147. The predicted molar refractivity (Wildman–Crippen MR) is 48.1 cm³/mol. The van der Waals surface area contributed by atoms with E-state index in [1.807, 2.05) is 0 Å². The van der Waals surface area contributed by atoms with Gasteiger partial charge in [0.05, 0.1) is 0 Å². The summed E-state index contributed by atoms with van der Waals surface area (Å²) < 4.78 is 10.2. The maximum atomic E-state index is 10.8. The number of rotatable bonds is 5. The first-order chi connectivity index (χ1) is 6.31. The zero-order chi connectivity index (χ0) is 11.4. The fourth-order valence-electron chi connectivity index (χ4n) is 0.983. The molecule has 0 heterocycles. The molecule has 2 atom stereocenters. The Morgan fingerprint density at radius 3 is 2.36 bits per heavy atom. The molecule has 0 bridgehead atoms. The molecular formula is C7H12NO5P. The summed E-state index contributed by atoms with van der Waals surface area (Å²) in [5.41, 5.74) is -1.59. The zero-order valence-electron chi connectivity index (χ0n) is 7.85. The number of hydrogen-bond acceptors (Lipinski definition) is 4. The average molecular weight is 221 g/mol. The molecular weight excluding hydrogens is 209 g/mol. The van der Waals surface area contributed by atoms with Crippen LogP contribution in [-0.4, -0.2) is 33.5 Å². The predicted octanol–water partition coefficient (Wildman–Crippen LogP) is -0.0340. The molecule has 0 saturated carbocycles. The van der Waals surface area contributed by atoms with Crippen LogP contribution in [0.3, 0.4) is 0 Å². The highest BCUT2D eigenvalue weighted by molar-refractivity contribution is 7.24. The Hall–Kier alpha value is -1.00. The average Bonchev–Trinajstić information content (AvgIpc) is 2.02. The third-order valence-corrected chi connectivity index (χ3v) is 2.06. The number of aliphatic hydroxyl groups excluding tert-OH is 1. The van der Waals surface area contributed by atoms with Gasteiger partial charge in [-0.15, -0.1) is 0 Å². The molecule has 2 unspecified atom stereocenters. The van der Waals surface area contributed by atoms with Crippen LogP contribution in [0.25, 0.3) is 0 Å². The molecule has 0 aliphatic heterocycles. The lowest BCUT2D eigenvalue weighted by Gasteiger charge is -2.25. The minimum absolute atomic E-state index is 0.313. The zero-order valence-corrected chi connectivity index (χ0v) is 8.75. The number of amides is 1. The summed E-state index contributed by atoms with van der Waals surface area (Å²) in [5.74, 6) is -3.11. The molecule has 0 aliphatic rings. The van der Waals surface area contributed by atoms with Crippen molar-refractivity contribution in [1.82, 2.24) is 5.32 Å². The Bertz CT molecular complexity index is 256. The molecule has 0 saturated heterocycles. The van der Waals surface area contributed by atoms with Gasteiger partial charge in [0, 0.05) is 13.3 Å². The van der Waals surface area contributed by atoms with E-state index in [9.17, 15) is 14.2 Å². The second kappa shape index (κ2) is 5.02. The molecule has 1 amide bonds. The number of aliphatic carboxylic acids is 1. The third kappa shape index (κ3) is 3.81. The van der Waals surface area contributed by atoms with Gasteiger partial charge in [-0.2, -0.15) is 0 Å². The second-order valence-electron chi connectivity index (χ2n) is 3.11. The van der Waals surface area contributed by atoms with Crippen molar-refractivity contribution in [2.45, 2.75) is 31.7 Å². The molecule has 0 radical (unpaired) electrons. The first-order valence-electron chi connectivity index (χ1n) is 3.84. The van der Waals surface area contributed by atoms with Crippen LogP contribution in [0.2, 0.25) is 0 Å². The van der Waals surface area contributed by atoms with Gasteiger partial charge in [0.15, 0.2) is 8.46 Å². The molecule has 7 heteroatoms. The molecule has 0 aromatic heterocycles. The molecule has 80 valence electrons. The van der Waals surface area contributed by atoms with Crippen molar-refractivity contribution in [3.63, 3.8) is 0 Å². The van der Waals surface area contributed by atoms with Crippen LogP contribution in [-0.2, 0) is 14.2 Å². The molecule has 0 aromatic carbocycles. The van der Waals surface area contributed by atoms with E-state index in [-0.39, 0.29) is 6.42 Å². The highest BCUT2D eigenvalue weighted by Crippen LogP contribution is 2.18. The van der Waals surface area contributed by atoms with Crippen LogP contribution in [0.15, 0.2) is 0 Å². The number of carbonyl (C=O) groups excluding carboxylic acids is 1. The molecule has 14 heavy (non-hydrogen) atoms. The van der Waals surface area contributed by atoms with Gasteiger partial charge >= 0.3 is 5.97 Å². The van der Waals surface area contributed by atoms with Gasteiger partial charge in [-0.25, -0.2) is 4.79 Å². The minimum Gasteiger partial charge on any atom is -0.480 e. The van der Waals surface area contributed by atoms with E-state index in [1.54, 1.807) is 0 Å². The number of aliphatic hydroxyl groups is 1. The van der Waals surface area contributed by atoms with E-state index in [0.29, 0.717) is 0 Å². The summed E-state index contributed by atoms with van der Waals surface area (Å²) in [7, 11) is -0.564. The number of carboxylic acid groups (broad SMARTS) is 1. The fourth-order valence-corrected chi connectivity index (χ4v) is 1.42. The summed E-state index contributed by atoms with van der Waals surface area (Å²) in [6.07, 6.45) is -0.313. The van der Waals surface area contributed by atoms with Crippen molar-refractivity contribution in [3.05, 3.63) is 0 Å². The normalized spacial score (nSPS) is 17.1. The quantitative estimate of drug-likeness (QED) is 0.565. The molecule has 0 rings (SSSR count). The molecule has 0 spiro atoms. The Morgan fingerprint density at radius 2 is 2.07 bits per heavy atom.